The maximum Gasteiger partial charge on any atom is 0.312 e. The summed E-state index contributed by atoms with van der Waals surface area (Å²) in [5.74, 6) is 1.09. The van der Waals surface area contributed by atoms with E-state index < -0.39 is 0 Å². The zero-order valence-electron chi connectivity index (χ0n) is 10.3. The van der Waals surface area contributed by atoms with Gasteiger partial charge in [0.15, 0.2) is 0 Å². The smallest absolute Gasteiger partial charge is 0.312 e. The Kier molecular flexibility index (Phi) is 4.16. The van der Waals surface area contributed by atoms with Gasteiger partial charge in [0.2, 0.25) is 5.82 Å². The van der Waals surface area contributed by atoms with E-state index in [0.717, 1.165) is 6.54 Å². The molecule has 0 N–H and O–H groups in total. The van der Waals surface area contributed by atoms with Crippen molar-refractivity contribution in [2.45, 2.75) is 25.7 Å². The lowest BCUT2D eigenvalue weighted by Gasteiger charge is -2.21. The van der Waals surface area contributed by atoms with Gasteiger partial charge < -0.3 is 4.90 Å². The average Bonchev–Trinajstić information content (AvgIpc) is 2.81. The quantitative estimate of drug-likeness (QED) is 0.631. The van der Waals surface area contributed by atoms with Crippen molar-refractivity contribution in [2.75, 3.05) is 18.5 Å². The minimum Gasteiger partial charge on any atom is -0.354 e. The minimum atomic E-state index is -0.377. The van der Waals surface area contributed by atoms with Crippen molar-refractivity contribution in [1.82, 2.24) is 4.98 Å². The summed E-state index contributed by atoms with van der Waals surface area (Å²) in [6.07, 6.45) is 6.58. The molecule has 0 spiro atoms. The number of hydrogen-bond acceptors (Lipinski definition) is 4. The number of nitro groups is 1. The summed E-state index contributed by atoms with van der Waals surface area (Å²) in [6, 6.07) is 1.51. The van der Waals surface area contributed by atoms with Crippen LogP contribution in [0.5, 0.6) is 0 Å². The molecule has 0 amide bonds. The second-order valence-corrected chi connectivity index (χ2v) is 5.70. The third-order valence-corrected chi connectivity index (χ3v) is 3.81. The molecule has 0 saturated heterocycles. The lowest BCUT2D eigenvalue weighted by Crippen LogP contribution is -2.25. The van der Waals surface area contributed by atoms with E-state index in [1.54, 1.807) is 6.20 Å². The molecule has 0 radical (unpaired) electrons. The number of halogens is 1. The predicted molar refractivity (Wildman–Crippen MR) is 73.8 cm³/mol. The Balaban J connectivity index is 2.17. The highest BCUT2D eigenvalue weighted by Crippen LogP contribution is 2.31. The molecule has 5 nitrogen and oxygen atoms in total. The molecule has 0 bridgehead atoms. The number of pyridine rings is 1. The highest BCUT2D eigenvalue weighted by molar-refractivity contribution is 9.10. The SMILES string of the molecule is CN(CC1CCCC1)c1ncc(Br)cc1[N+](=O)[O-]. The van der Waals surface area contributed by atoms with Crippen LogP contribution >= 0.6 is 15.9 Å². The van der Waals surface area contributed by atoms with Crippen LogP contribution in [0.25, 0.3) is 0 Å². The molecule has 2 rings (SSSR count). The topological polar surface area (TPSA) is 59.3 Å². The van der Waals surface area contributed by atoms with Gasteiger partial charge >= 0.3 is 5.69 Å². The lowest BCUT2D eigenvalue weighted by molar-refractivity contribution is -0.384. The van der Waals surface area contributed by atoms with E-state index in [1.165, 1.54) is 31.7 Å². The minimum absolute atomic E-state index is 0.0601. The molecule has 1 fully saturated rings. The second-order valence-electron chi connectivity index (χ2n) is 4.78. The Morgan fingerprint density at radius 2 is 2.22 bits per heavy atom. The molecular weight excluding hydrogens is 298 g/mol. The first-order valence-corrected chi connectivity index (χ1v) is 6.88. The Morgan fingerprint density at radius 3 is 2.83 bits per heavy atom. The second kappa shape index (κ2) is 5.65. The van der Waals surface area contributed by atoms with Crippen molar-refractivity contribution >= 4 is 27.4 Å². The van der Waals surface area contributed by atoms with Crippen molar-refractivity contribution < 1.29 is 4.92 Å². The van der Waals surface area contributed by atoms with Gasteiger partial charge in [-0.1, -0.05) is 12.8 Å². The molecule has 0 aliphatic heterocycles. The predicted octanol–water partition coefficient (Wildman–Crippen LogP) is 3.38. The molecule has 1 saturated carbocycles. The van der Waals surface area contributed by atoms with Gasteiger partial charge in [0.05, 0.1) is 4.92 Å². The first-order chi connectivity index (χ1) is 8.58. The van der Waals surface area contributed by atoms with E-state index in [9.17, 15) is 10.1 Å². The molecule has 1 aromatic rings. The van der Waals surface area contributed by atoms with Gasteiger partial charge in [-0.25, -0.2) is 4.98 Å². The fourth-order valence-corrected chi connectivity index (χ4v) is 2.84. The molecule has 1 aliphatic rings. The van der Waals surface area contributed by atoms with Crippen LogP contribution in [0.2, 0.25) is 0 Å². The standard InChI is InChI=1S/C12H16BrN3O2/c1-15(8-9-4-2-3-5-9)12-11(16(17)18)6-10(13)7-14-12/h6-7,9H,2-5,8H2,1H3. The van der Waals surface area contributed by atoms with E-state index in [-0.39, 0.29) is 10.6 Å². The molecule has 0 atom stereocenters. The summed E-state index contributed by atoms with van der Waals surface area (Å²) < 4.78 is 0.632. The van der Waals surface area contributed by atoms with Crippen LogP contribution in [-0.4, -0.2) is 23.5 Å². The van der Waals surface area contributed by atoms with Gasteiger partial charge in [0, 0.05) is 30.3 Å². The summed E-state index contributed by atoms with van der Waals surface area (Å²) in [5, 5.41) is 11.0. The molecule has 1 aromatic heterocycles. The van der Waals surface area contributed by atoms with Crippen LogP contribution in [0.3, 0.4) is 0 Å². The van der Waals surface area contributed by atoms with Gasteiger partial charge in [0.1, 0.15) is 0 Å². The van der Waals surface area contributed by atoms with Gasteiger partial charge in [-0.05, 0) is 34.7 Å². The van der Waals surface area contributed by atoms with Gasteiger partial charge in [-0.2, -0.15) is 0 Å². The van der Waals surface area contributed by atoms with Crippen LogP contribution in [0.15, 0.2) is 16.7 Å². The Labute approximate surface area is 114 Å². The van der Waals surface area contributed by atoms with Gasteiger partial charge in [-0.15, -0.1) is 0 Å². The molecule has 0 unspecified atom stereocenters. The van der Waals surface area contributed by atoms with E-state index in [4.69, 9.17) is 0 Å². The average molecular weight is 314 g/mol. The largest absolute Gasteiger partial charge is 0.354 e. The van der Waals surface area contributed by atoms with Crippen molar-refractivity contribution in [3.8, 4) is 0 Å². The summed E-state index contributed by atoms with van der Waals surface area (Å²) >= 11 is 3.22. The van der Waals surface area contributed by atoms with Crippen LogP contribution < -0.4 is 4.90 Å². The Bertz CT molecular complexity index is 447. The molecule has 98 valence electrons. The highest BCUT2D eigenvalue weighted by Gasteiger charge is 2.23. The van der Waals surface area contributed by atoms with E-state index in [1.807, 2.05) is 11.9 Å². The number of nitrogens with zero attached hydrogens (tertiary/aromatic N) is 3. The number of hydrogen-bond donors (Lipinski definition) is 0. The van der Waals surface area contributed by atoms with Gasteiger partial charge in [0.25, 0.3) is 0 Å². The van der Waals surface area contributed by atoms with E-state index in [0.29, 0.717) is 16.2 Å². The van der Waals surface area contributed by atoms with Crippen LogP contribution in [0.1, 0.15) is 25.7 Å². The van der Waals surface area contributed by atoms with Crippen LogP contribution in [0.4, 0.5) is 11.5 Å². The first kappa shape index (κ1) is 13.3. The fourth-order valence-electron chi connectivity index (χ4n) is 2.52. The summed E-state index contributed by atoms with van der Waals surface area (Å²) in [5.41, 5.74) is 0.0601. The third kappa shape index (κ3) is 2.98. The normalized spacial score (nSPS) is 15.9. The number of rotatable bonds is 4. The maximum atomic E-state index is 11.0. The molecular formula is C12H16BrN3O2. The number of aromatic nitrogens is 1. The maximum absolute atomic E-state index is 11.0. The van der Waals surface area contributed by atoms with E-state index in [2.05, 4.69) is 20.9 Å². The highest BCUT2D eigenvalue weighted by atomic mass is 79.9. The summed E-state index contributed by atoms with van der Waals surface area (Å²) in [4.78, 5) is 16.7. The van der Waals surface area contributed by atoms with E-state index >= 15 is 0 Å². The van der Waals surface area contributed by atoms with Crippen molar-refractivity contribution in [1.29, 1.82) is 0 Å². The van der Waals surface area contributed by atoms with Crippen molar-refractivity contribution in [2.24, 2.45) is 5.92 Å². The Hall–Kier alpha value is -1.17. The van der Waals surface area contributed by atoms with Gasteiger partial charge in [-0.3, -0.25) is 10.1 Å². The van der Waals surface area contributed by atoms with Crippen molar-refractivity contribution in [3.05, 3.63) is 26.9 Å². The lowest BCUT2D eigenvalue weighted by atomic mass is 10.1. The first-order valence-electron chi connectivity index (χ1n) is 6.09. The Morgan fingerprint density at radius 1 is 1.56 bits per heavy atom. The third-order valence-electron chi connectivity index (χ3n) is 3.38. The molecule has 6 heteroatoms. The fraction of sp³-hybridized carbons (Fsp3) is 0.583. The summed E-state index contributed by atoms with van der Waals surface area (Å²) in [7, 11) is 1.88. The molecule has 18 heavy (non-hydrogen) atoms. The molecule has 1 aliphatic carbocycles. The molecule has 1 heterocycles. The van der Waals surface area contributed by atoms with Crippen LogP contribution in [-0.2, 0) is 0 Å². The monoisotopic (exact) mass is 313 g/mol. The zero-order valence-corrected chi connectivity index (χ0v) is 11.9. The zero-order chi connectivity index (χ0) is 13.1. The van der Waals surface area contributed by atoms with Crippen LogP contribution in [0, 0.1) is 16.0 Å². The van der Waals surface area contributed by atoms with Crippen molar-refractivity contribution in [3.63, 3.8) is 0 Å². The molecule has 0 aromatic carbocycles. The number of anilines is 1. The summed E-state index contributed by atoms with van der Waals surface area (Å²) in [6.45, 7) is 0.843.